The van der Waals surface area contributed by atoms with Crippen molar-refractivity contribution in [1.82, 2.24) is 14.9 Å². The number of hydrogen-bond acceptors (Lipinski definition) is 4. The second-order valence-corrected chi connectivity index (χ2v) is 5.88. The van der Waals surface area contributed by atoms with E-state index in [1.165, 1.54) is 31.2 Å². The lowest BCUT2D eigenvalue weighted by molar-refractivity contribution is 0.245. The van der Waals surface area contributed by atoms with Gasteiger partial charge in [0.1, 0.15) is 0 Å². The van der Waals surface area contributed by atoms with Crippen LogP contribution in [0, 0.1) is 6.92 Å². The molecule has 1 aromatic heterocycles. The van der Waals surface area contributed by atoms with Crippen LogP contribution in [-0.4, -0.2) is 41.0 Å². The van der Waals surface area contributed by atoms with Gasteiger partial charge in [-0.25, -0.2) is 9.97 Å². The van der Waals surface area contributed by atoms with Gasteiger partial charge in [0.25, 0.3) is 0 Å². The number of aromatic nitrogens is 2. The number of nitrogens with one attached hydrogen (secondary N) is 1. The zero-order valence-electron chi connectivity index (χ0n) is 13.2. The van der Waals surface area contributed by atoms with E-state index in [9.17, 15) is 0 Å². The van der Waals surface area contributed by atoms with E-state index in [1.54, 1.807) is 0 Å². The van der Waals surface area contributed by atoms with E-state index in [2.05, 4.69) is 41.1 Å². The van der Waals surface area contributed by atoms with Gasteiger partial charge in [0.15, 0.2) is 0 Å². The molecule has 1 aromatic rings. The van der Waals surface area contributed by atoms with Crippen LogP contribution in [0.4, 0.5) is 5.95 Å². The van der Waals surface area contributed by atoms with Crippen molar-refractivity contribution in [2.75, 3.05) is 25.5 Å². The highest BCUT2D eigenvalue weighted by atomic mass is 15.1. The van der Waals surface area contributed by atoms with Gasteiger partial charge in [0.2, 0.25) is 5.95 Å². The fourth-order valence-electron chi connectivity index (χ4n) is 2.98. The highest BCUT2D eigenvalue weighted by molar-refractivity contribution is 5.28. The van der Waals surface area contributed by atoms with Crippen LogP contribution in [0.25, 0.3) is 0 Å². The van der Waals surface area contributed by atoms with E-state index in [0.29, 0.717) is 0 Å². The number of rotatable bonds is 7. The van der Waals surface area contributed by atoms with Crippen LogP contribution in [0.5, 0.6) is 0 Å². The smallest absolute Gasteiger partial charge is 0.222 e. The molecule has 1 saturated carbocycles. The molecule has 112 valence electrons. The molecular formula is C16H28N4. The topological polar surface area (TPSA) is 41.1 Å². The first kappa shape index (κ1) is 15.2. The van der Waals surface area contributed by atoms with Crippen molar-refractivity contribution in [3.05, 3.63) is 17.5 Å². The molecule has 1 aliphatic rings. The van der Waals surface area contributed by atoms with Crippen LogP contribution in [0.1, 0.15) is 50.3 Å². The first-order valence-electron chi connectivity index (χ1n) is 7.97. The Kier molecular flexibility index (Phi) is 5.77. The number of aryl methyl sites for hydroxylation is 2. The third-order valence-corrected chi connectivity index (χ3v) is 4.33. The summed E-state index contributed by atoms with van der Waals surface area (Å²) in [5.41, 5.74) is 2.32. The summed E-state index contributed by atoms with van der Waals surface area (Å²) in [5.74, 6) is 0.774. The zero-order valence-corrected chi connectivity index (χ0v) is 13.2. The fourth-order valence-corrected chi connectivity index (χ4v) is 2.98. The highest BCUT2D eigenvalue weighted by Gasteiger charge is 2.18. The number of hydrogen-bond donors (Lipinski definition) is 1. The minimum absolute atomic E-state index is 0.774. The summed E-state index contributed by atoms with van der Waals surface area (Å²) < 4.78 is 0. The van der Waals surface area contributed by atoms with Gasteiger partial charge >= 0.3 is 0 Å². The summed E-state index contributed by atoms with van der Waals surface area (Å²) in [5, 5.41) is 3.34. The van der Waals surface area contributed by atoms with E-state index in [4.69, 9.17) is 0 Å². The van der Waals surface area contributed by atoms with Gasteiger partial charge in [-0.15, -0.1) is 0 Å². The standard InChI is InChI=1S/C16H28N4/c1-4-15-13(2)12-18-16(19-15)17-10-7-11-20(3)14-8-5-6-9-14/h12,14H,4-11H2,1-3H3,(H,17,18,19). The predicted molar refractivity (Wildman–Crippen MR) is 84.1 cm³/mol. The van der Waals surface area contributed by atoms with Gasteiger partial charge in [-0.1, -0.05) is 19.8 Å². The summed E-state index contributed by atoms with van der Waals surface area (Å²) in [6.45, 7) is 6.31. The molecule has 0 spiro atoms. The van der Waals surface area contributed by atoms with Crippen molar-refractivity contribution in [2.24, 2.45) is 0 Å². The first-order chi connectivity index (χ1) is 9.70. The first-order valence-corrected chi connectivity index (χ1v) is 7.97. The maximum absolute atomic E-state index is 4.55. The normalized spacial score (nSPS) is 16.0. The van der Waals surface area contributed by atoms with Gasteiger partial charge in [-0.3, -0.25) is 0 Å². The van der Waals surface area contributed by atoms with Crippen molar-refractivity contribution < 1.29 is 0 Å². The summed E-state index contributed by atoms with van der Waals surface area (Å²) >= 11 is 0. The lowest BCUT2D eigenvalue weighted by Gasteiger charge is -2.23. The Hall–Kier alpha value is -1.16. The lowest BCUT2D eigenvalue weighted by Crippen LogP contribution is -2.31. The zero-order chi connectivity index (χ0) is 14.4. The van der Waals surface area contributed by atoms with Crippen LogP contribution in [0.3, 0.4) is 0 Å². The van der Waals surface area contributed by atoms with Crippen LogP contribution in [0.15, 0.2) is 6.20 Å². The van der Waals surface area contributed by atoms with Crippen molar-refractivity contribution in [1.29, 1.82) is 0 Å². The second kappa shape index (κ2) is 7.58. The van der Waals surface area contributed by atoms with Gasteiger partial charge < -0.3 is 10.2 Å². The predicted octanol–water partition coefficient (Wildman–Crippen LogP) is 3.02. The minimum atomic E-state index is 0.774. The summed E-state index contributed by atoms with van der Waals surface area (Å²) in [7, 11) is 2.26. The van der Waals surface area contributed by atoms with Crippen molar-refractivity contribution >= 4 is 5.95 Å². The number of nitrogens with zero attached hydrogens (tertiary/aromatic N) is 3. The average Bonchev–Trinajstić information content (AvgIpc) is 2.99. The molecule has 1 fully saturated rings. The van der Waals surface area contributed by atoms with Gasteiger partial charge in [-0.2, -0.15) is 0 Å². The minimum Gasteiger partial charge on any atom is -0.354 e. The van der Waals surface area contributed by atoms with Crippen LogP contribution < -0.4 is 5.32 Å². The van der Waals surface area contributed by atoms with Crippen LogP contribution >= 0.6 is 0 Å². The Bertz CT molecular complexity index is 413. The van der Waals surface area contributed by atoms with E-state index in [0.717, 1.165) is 43.6 Å². The van der Waals surface area contributed by atoms with Crippen LogP contribution in [-0.2, 0) is 6.42 Å². The molecule has 0 atom stereocenters. The molecule has 0 bridgehead atoms. The lowest BCUT2D eigenvalue weighted by atomic mass is 10.2. The Morgan fingerprint density at radius 2 is 2.10 bits per heavy atom. The van der Waals surface area contributed by atoms with Crippen molar-refractivity contribution in [3.63, 3.8) is 0 Å². The van der Waals surface area contributed by atoms with E-state index < -0.39 is 0 Å². The monoisotopic (exact) mass is 276 g/mol. The van der Waals surface area contributed by atoms with Gasteiger partial charge in [0, 0.05) is 24.5 Å². The molecule has 1 aliphatic carbocycles. The van der Waals surface area contributed by atoms with Crippen LogP contribution in [0.2, 0.25) is 0 Å². The Labute approximate surface area is 123 Å². The SMILES string of the molecule is CCc1nc(NCCCN(C)C2CCCC2)ncc1C. The molecule has 4 heteroatoms. The molecule has 0 amide bonds. The molecule has 1 N–H and O–H groups in total. The molecule has 2 rings (SSSR count). The molecule has 0 aromatic carbocycles. The molecule has 1 heterocycles. The molecule has 4 nitrogen and oxygen atoms in total. The van der Waals surface area contributed by atoms with E-state index in [-0.39, 0.29) is 0 Å². The Morgan fingerprint density at radius 3 is 2.80 bits per heavy atom. The highest BCUT2D eigenvalue weighted by Crippen LogP contribution is 2.22. The fraction of sp³-hybridized carbons (Fsp3) is 0.750. The van der Waals surface area contributed by atoms with Crippen molar-refractivity contribution in [3.8, 4) is 0 Å². The second-order valence-electron chi connectivity index (χ2n) is 5.88. The number of anilines is 1. The molecule has 0 saturated heterocycles. The average molecular weight is 276 g/mol. The largest absolute Gasteiger partial charge is 0.354 e. The third kappa shape index (κ3) is 4.17. The third-order valence-electron chi connectivity index (χ3n) is 4.33. The molecule has 20 heavy (non-hydrogen) atoms. The summed E-state index contributed by atoms with van der Waals surface area (Å²) in [6, 6.07) is 0.817. The van der Waals surface area contributed by atoms with Gasteiger partial charge in [-0.05, 0) is 51.8 Å². The van der Waals surface area contributed by atoms with E-state index in [1.807, 2.05) is 6.20 Å². The van der Waals surface area contributed by atoms with Gasteiger partial charge in [0.05, 0.1) is 0 Å². The van der Waals surface area contributed by atoms with E-state index >= 15 is 0 Å². The quantitative estimate of drug-likeness (QED) is 0.777. The molecule has 0 unspecified atom stereocenters. The molecule has 0 radical (unpaired) electrons. The molecular weight excluding hydrogens is 248 g/mol. The Morgan fingerprint density at radius 1 is 1.35 bits per heavy atom. The van der Waals surface area contributed by atoms with Crippen molar-refractivity contribution in [2.45, 2.75) is 58.4 Å². The Balaban J connectivity index is 1.70. The molecule has 0 aliphatic heterocycles. The maximum Gasteiger partial charge on any atom is 0.222 e. The summed E-state index contributed by atoms with van der Waals surface area (Å²) in [6.07, 6.45) is 9.60. The summed E-state index contributed by atoms with van der Waals surface area (Å²) in [4.78, 5) is 11.4. The maximum atomic E-state index is 4.55.